The van der Waals surface area contributed by atoms with E-state index in [2.05, 4.69) is 6.92 Å². The third kappa shape index (κ3) is 9.19. The van der Waals surface area contributed by atoms with Crippen molar-refractivity contribution in [3.05, 3.63) is 59.4 Å². The van der Waals surface area contributed by atoms with Gasteiger partial charge in [-0.05, 0) is 49.1 Å². The number of nitrogens with zero attached hydrogens (tertiary/aromatic N) is 3. The van der Waals surface area contributed by atoms with Crippen molar-refractivity contribution in [3.63, 3.8) is 0 Å². The Balaban J connectivity index is 1.66. The molecule has 0 bridgehead atoms. The lowest BCUT2D eigenvalue weighted by Gasteiger charge is -2.28. The average Bonchev–Trinajstić information content (AvgIpc) is 3.64. The van der Waals surface area contributed by atoms with Crippen LogP contribution >= 0.6 is 0 Å². The highest BCUT2D eigenvalue weighted by molar-refractivity contribution is 5.85. The van der Waals surface area contributed by atoms with Crippen molar-refractivity contribution in [3.8, 4) is 0 Å². The van der Waals surface area contributed by atoms with Crippen LogP contribution < -0.4 is 0 Å². The summed E-state index contributed by atoms with van der Waals surface area (Å²) in [5.74, 6) is -0.114. The monoisotopic (exact) mass is 535 g/mol. The highest BCUT2D eigenvalue weighted by Crippen LogP contribution is 2.30. The minimum absolute atomic E-state index is 0.0382. The first-order valence-corrected chi connectivity index (χ1v) is 13.6. The number of methoxy groups -OCH3 is 1. The molecule has 9 heteroatoms. The Bertz CT molecular complexity index is 1030. The number of halogens is 3. The van der Waals surface area contributed by atoms with E-state index in [1.807, 2.05) is 16.7 Å². The van der Waals surface area contributed by atoms with Crippen molar-refractivity contribution in [2.24, 2.45) is 0 Å². The molecule has 0 unspecified atom stereocenters. The van der Waals surface area contributed by atoms with Crippen LogP contribution in [0.5, 0.6) is 0 Å². The second-order valence-corrected chi connectivity index (χ2v) is 10.1. The van der Waals surface area contributed by atoms with Gasteiger partial charge in [0.2, 0.25) is 11.8 Å². The standard InChI is InChI=1S/C29H40F3N3O3/c1-3-4-5-6-7-13-27(36)35(25-14-15-25)22-28(37)34(17-18-38-2)21-26-12-9-16-33(26)20-23-10-8-11-24(19-23)29(30,31)32/h8-12,16,19,25H,3-7,13-15,17-18,20-22H2,1-2H3. The van der Waals surface area contributed by atoms with Gasteiger partial charge in [0.25, 0.3) is 0 Å². The first-order chi connectivity index (χ1) is 18.2. The molecule has 1 saturated carbocycles. The summed E-state index contributed by atoms with van der Waals surface area (Å²) in [6.07, 6.45) is 5.01. The molecule has 0 aliphatic heterocycles. The highest BCUT2D eigenvalue weighted by atomic mass is 19.4. The topological polar surface area (TPSA) is 54.8 Å². The van der Waals surface area contributed by atoms with E-state index in [-0.39, 0.29) is 37.5 Å². The van der Waals surface area contributed by atoms with E-state index in [1.54, 1.807) is 29.2 Å². The summed E-state index contributed by atoms with van der Waals surface area (Å²) < 4.78 is 46.5. The van der Waals surface area contributed by atoms with Crippen molar-refractivity contribution in [2.45, 2.75) is 83.6 Å². The number of ether oxygens (including phenoxy) is 1. The maximum Gasteiger partial charge on any atom is 0.416 e. The Kier molecular flexibility index (Phi) is 11.2. The zero-order chi connectivity index (χ0) is 27.5. The molecule has 1 fully saturated rings. The number of carbonyl (C=O) groups is 2. The van der Waals surface area contributed by atoms with Gasteiger partial charge in [-0.3, -0.25) is 9.59 Å². The Hall–Kier alpha value is -2.81. The van der Waals surface area contributed by atoms with Crippen molar-refractivity contribution in [1.29, 1.82) is 0 Å². The van der Waals surface area contributed by atoms with Gasteiger partial charge in [-0.15, -0.1) is 0 Å². The Morgan fingerprint density at radius 3 is 2.50 bits per heavy atom. The minimum atomic E-state index is -4.40. The average molecular weight is 536 g/mol. The molecule has 0 spiro atoms. The molecule has 1 aromatic heterocycles. The zero-order valence-corrected chi connectivity index (χ0v) is 22.5. The van der Waals surface area contributed by atoms with Crippen molar-refractivity contribution < 1.29 is 27.5 Å². The third-order valence-electron chi connectivity index (χ3n) is 6.91. The van der Waals surface area contributed by atoms with E-state index >= 15 is 0 Å². The van der Waals surface area contributed by atoms with Crippen LogP contribution in [-0.4, -0.2) is 59.0 Å². The highest BCUT2D eigenvalue weighted by Gasteiger charge is 2.34. The molecule has 0 N–H and O–H groups in total. The van der Waals surface area contributed by atoms with Gasteiger partial charge < -0.3 is 19.1 Å². The Morgan fingerprint density at radius 1 is 1.05 bits per heavy atom. The van der Waals surface area contributed by atoms with Crippen LogP contribution in [0.15, 0.2) is 42.6 Å². The van der Waals surface area contributed by atoms with Gasteiger partial charge in [-0.1, -0.05) is 44.7 Å². The van der Waals surface area contributed by atoms with E-state index in [4.69, 9.17) is 4.74 Å². The molecule has 1 aromatic carbocycles. The van der Waals surface area contributed by atoms with E-state index in [0.717, 1.165) is 56.4 Å². The third-order valence-corrected chi connectivity index (χ3v) is 6.91. The first-order valence-electron chi connectivity index (χ1n) is 13.6. The molecule has 1 aliphatic carbocycles. The largest absolute Gasteiger partial charge is 0.416 e. The molecule has 210 valence electrons. The van der Waals surface area contributed by atoms with Crippen LogP contribution in [0, 0.1) is 0 Å². The predicted molar refractivity (Wildman–Crippen MR) is 140 cm³/mol. The molecule has 3 rings (SSSR count). The van der Waals surface area contributed by atoms with Gasteiger partial charge in [-0.25, -0.2) is 0 Å². The number of hydrogen-bond donors (Lipinski definition) is 0. The fraction of sp³-hybridized carbons (Fsp3) is 0.586. The van der Waals surface area contributed by atoms with Gasteiger partial charge in [0.05, 0.1) is 18.7 Å². The zero-order valence-electron chi connectivity index (χ0n) is 22.5. The summed E-state index contributed by atoms with van der Waals surface area (Å²) in [6, 6.07) is 9.09. The van der Waals surface area contributed by atoms with Gasteiger partial charge in [0, 0.05) is 44.6 Å². The van der Waals surface area contributed by atoms with Crippen LogP contribution in [0.25, 0.3) is 0 Å². The summed E-state index contributed by atoms with van der Waals surface area (Å²) in [5, 5.41) is 0. The minimum Gasteiger partial charge on any atom is -0.383 e. The number of alkyl halides is 3. The molecule has 0 atom stereocenters. The first kappa shape index (κ1) is 29.7. The number of aromatic nitrogens is 1. The molecule has 38 heavy (non-hydrogen) atoms. The number of unbranched alkanes of at least 4 members (excludes halogenated alkanes) is 4. The summed E-state index contributed by atoms with van der Waals surface area (Å²) in [6.45, 7) is 3.42. The Labute approximate surface area is 223 Å². The Morgan fingerprint density at radius 2 is 1.82 bits per heavy atom. The van der Waals surface area contributed by atoms with Gasteiger partial charge >= 0.3 is 6.18 Å². The van der Waals surface area contributed by atoms with Crippen molar-refractivity contribution >= 4 is 11.8 Å². The molecule has 0 saturated heterocycles. The SMILES string of the molecule is CCCCCCCC(=O)N(CC(=O)N(CCOC)Cc1cccn1Cc1cccc(C(F)(F)F)c1)C1CC1. The molecule has 1 aliphatic rings. The number of rotatable bonds is 16. The van der Waals surface area contributed by atoms with E-state index < -0.39 is 11.7 Å². The predicted octanol–water partition coefficient (Wildman–Crippen LogP) is 5.88. The summed E-state index contributed by atoms with van der Waals surface area (Å²) >= 11 is 0. The number of benzene rings is 1. The van der Waals surface area contributed by atoms with E-state index in [1.165, 1.54) is 12.5 Å². The lowest BCUT2D eigenvalue weighted by Crippen LogP contribution is -2.44. The van der Waals surface area contributed by atoms with Crippen LogP contribution in [0.4, 0.5) is 13.2 Å². The normalized spacial score (nSPS) is 13.5. The van der Waals surface area contributed by atoms with Crippen molar-refractivity contribution in [1.82, 2.24) is 14.4 Å². The molecule has 0 radical (unpaired) electrons. The van der Waals surface area contributed by atoms with E-state index in [9.17, 15) is 22.8 Å². The molecular formula is C29H40F3N3O3. The number of carbonyl (C=O) groups excluding carboxylic acids is 2. The van der Waals surface area contributed by atoms with Crippen LogP contribution in [0.1, 0.15) is 75.1 Å². The smallest absolute Gasteiger partial charge is 0.383 e. The molecule has 2 aromatic rings. The van der Waals surface area contributed by atoms with Gasteiger partial charge in [0.15, 0.2) is 0 Å². The lowest BCUT2D eigenvalue weighted by atomic mass is 10.1. The summed E-state index contributed by atoms with van der Waals surface area (Å²) in [4.78, 5) is 29.8. The van der Waals surface area contributed by atoms with Crippen molar-refractivity contribution in [2.75, 3.05) is 26.8 Å². The second-order valence-electron chi connectivity index (χ2n) is 10.1. The van der Waals surface area contributed by atoms with Gasteiger partial charge in [-0.2, -0.15) is 13.2 Å². The van der Waals surface area contributed by atoms with Crippen LogP contribution in [0.3, 0.4) is 0 Å². The second kappa shape index (κ2) is 14.4. The van der Waals surface area contributed by atoms with E-state index in [0.29, 0.717) is 25.1 Å². The molecule has 2 amide bonds. The maximum absolute atomic E-state index is 13.4. The fourth-order valence-corrected chi connectivity index (χ4v) is 4.56. The maximum atomic E-state index is 13.4. The number of amides is 2. The lowest BCUT2D eigenvalue weighted by molar-refractivity contribution is -0.141. The summed E-state index contributed by atoms with van der Waals surface area (Å²) in [5.41, 5.74) is 0.638. The fourth-order valence-electron chi connectivity index (χ4n) is 4.56. The quantitative estimate of drug-likeness (QED) is 0.252. The molecule has 6 nitrogen and oxygen atoms in total. The van der Waals surface area contributed by atoms with Crippen LogP contribution in [0.2, 0.25) is 0 Å². The van der Waals surface area contributed by atoms with Gasteiger partial charge in [0.1, 0.15) is 6.54 Å². The molecule has 1 heterocycles. The summed E-state index contributed by atoms with van der Waals surface area (Å²) in [7, 11) is 1.57. The van der Waals surface area contributed by atoms with Crippen LogP contribution in [-0.2, 0) is 33.6 Å². The molecular weight excluding hydrogens is 495 g/mol. The number of hydrogen-bond acceptors (Lipinski definition) is 3.